The van der Waals surface area contributed by atoms with Gasteiger partial charge < -0.3 is 25.2 Å². The van der Waals surface area contributed by atoms with Crippen molar-refractivity contribution in [1.82, 2.24) is 5.32 Å². The summed E-state index contributed by atoms with van der Waals surface area (Å²) in [6.45, 7) is 2.64. The first-order chi connectivity index (χ1) is 30.1. The van der Waals surface area contributed by atoms with Crippen molar-refractivity contribution >= 4 is 25.7 Å². The fourth-order valence-electron chi connectivity index (χ4n) is 7.55. The number of aliphatic carboxylic acids is 1. The number of carbonyl (C=O) groups is 3. The highest BCUT2D eigenvalue weighted by molar-refractivity contribution is 7.47. The molecule has 4 N–H and O–H groups in total. The van der Waals surface area contributed by atoms with Gasteiger partial charge in [-0.2, -0.15) is 0 Å². The van der Waals surface area contributed by atoms with Gasteiger partial charge in [-0.1, -0.05) is 219 Å². The molecular weight excluding hydrogens is 806 g/mol. The number of ether oxygens (including phenoxy) is 1. The lowest BCUT2D eigenvalue weighted by Gasteiger charge is -2.18. The van der Waals surface area contributed by atoms with Gasteiger partial charge in [-0.05, 0) is 38.5 Å². The molecule has 3 atom stereocenters. The molecule has 0 bridgehead atoms. The third-order valence-electron chi connectivity index (χ3n) is 11.6. The maximum Gasteiger partial charge on any atom is 0.472 e. The number of esters is 1. The summed E-state index contributed by atoms with van der Waals surface area (Å²) in [6.07, 6.45) is 48.1. The number of hydrogen-bond donors (Lipinski definition) is 4. The molecule has 0 spiro atoms. The average molecular weight is 902 g/mol. The number of carboxylic acid groups (broad SMARTS) is 1. The number of rotatable bonds is 49. The zero-order valence-electron chi connectivity index (χ0n) is 39.9. The number of amides is 1. The molecule has 0 saturated heterocycles. The molecule has 0 radical (unpaired) electrons. The van der Waals surface area contributed by atoms with Crippen LogP contribution >= 0.6 is 7.82 Å². The summed E-state index contributed by atoms with van der Waals surface area (Å²) < 4.78 is 26.9. The first-order valence-electron chi connectivity index (χ1n) is 25.7. The SMILES string of the molecule is CCCCCCCC/C=C\CCCCCCCCCC(=O)NC(COP(=O)(O)OCC(O)COC(=O)CCCCCCCCCCCCCCCCCCCCCCC)C(=O)O. The van der Waals surface area contributed by atoms with Crippen molar-refractivity contribution in [3.8, 4) is 0 Å². The molecule has 0 fully saturated rings. The monoisotopic (exact) mass is 902 g/mol. The highest BCUT2D eigenvalue weighted by Gasteiger charge is 2.28. The Balaban J connectivity index is 3.79. The van der Waals surface area contributed by atoms with Crippen molar-refractivity contribution in [1.29, 1.82) is 0 Å². The average Bonchev–Trinajstić information content (AvgIpc) is 3.25. The first-order valence-corrected chi connectivity index (χ1v) is 27.2. The summed E-state index contributed by atoms with van der Waals surface area (Å²) in [7, 11) is -4.76. The largest absolute Gasteiger partial charge is 0.480 e. The van der Waals surface area contributed by atoms with Crippen LogP contribution in [-0.2, 0) is 32.7 Å². The third-order valence-corrected chi connectivity index (χ3v) is 12.5. The van der Waals surface area contributed by atoms with Crippen LogP contribution in [0.25, 0.3) is 0 Å². The number of hydrogen-bond acceptors (Lipinski definition) is 8. The molecule has 0 saturated carbocycles. The zero-order valence-corrected chi connectivity index (χ0v) is 40.8. The molecular formula is C50H96NO10P. The summed E-state index contributed by atoms with van der Waals surface area (Å²) in [4.78, 5) is 46.1. The minimum Gasteiger partial charge on any atom is -0.480 e. The number of carbonyl (C=O) groups excluding carboxylic acids is 2. The van der Waals surface area contributed by atoms with Crippen LogP contribution in [0.1, 0.15) is 258 Å². The second kappa shape index (κ2) is 45.8. The number of phosphoric acid groups is 1. The van der Waals surface area contributed by atoms with Gasteiger partial charge in [0.25, 0.3) is 0 Å². The first kappa shape index (κ1) is 60.2. The normalized spacial score (nSPS) is 13.6. The molecule has 0 aliphatic rings. The Morgan fingerprint density at radius 3 is 1.23 bits per heavy atom. The molecule has 0 aromatic rings. The van der Waals surface area contributed by atoms with Crippen LogP contribution in [0.2, 0.25) is 0 Å². The topological polar surface area (TPSA) is 169 Å². The molecule has 0 heterocycles. The van der Waals surface area contributed by atoms with Crippen LogP contribution in [0.3, 0.4) is 0 Å². The summed E-state index contributed by atoms with van der Waals surface area (Å²) in [5, 5.41) is 21.9. The molecule has 0 aliphatic heterocycles. The summed E-state index contributed by atoms with van der Waals surface area (Å²) in [6, 6.07) is -1.55. The van der Waals surface area contributed by atoms with Crippen LogP contribution in [0.5, 0.6) is 0 Å². The van der Waals surface area contributed by atoms with Crippen LogP contribution in [-0.4, -0.2) is 64.9 Å². The standard InChI is InChI=1S/C50H96NO10P/c1-3-5-7-9-11-13-15-17-19-21-22-23-24-26-28-30-32-34-36-38-40-42-49(54)59-43-46(52)44-60-62(57,58)61-45-47(50(55)56)51-48(53)41-39-37-35-33-31-29-27-25-20-18-16-14-12-10-8-6-4-2/h18,20,46-47,52H,3-17,19,21-45H2,1-2H3,(H,51,53)(H,55,56)(H,57,58)/b20-18-. The van der Waals surface area contributed by atoms with Gasteiger partial charge in [0.05, 0.1) is 13.2 Å². The van der Waals surface area contributed by atoms with Gasteiger partial charge in [0.2, 0.25) is 5.91 Å². The second-order valence-electron chi connectivity index (χ2n) is 17.7. The quantitative estimate of drug-likeness (QED) is 0.0200. The molecule has 0 aromatic carbocycles. The number of aliphatic hydroxyl groups is 1. The lowest BCUT2D eigenvalue weighted by molar-refractivity contribution is -0.147. The van der Waals surface area contributed by atoms with Crippen LogP contribution < -0.4 is 5.32 Å². The van der Waals surface area contributed by atoms with Crippen molar-refractivity contribution in [2.45, 2.75) is 270 Å². The van der Waals surface area contributed by atoms with E-state index in [1.165, 1.54) is 167 Å². The van der Waals surface area contributed by atoms with Gasteiger partial charge >= 0.3 is 19.8 Å². The van der Waals surface area contributed by atoms with Gasteiger partial charge in [0.15, 0.2) is 6.04 Å². The van der Waals surface area contributed by atoms with Crippen molar-refractivity contribution in [3.63, 3.8) is 0 Å². The van der Waals surface area contributed by atoms with Crippen molar-refractivity contribution in [2.75, 3.05) is 19.8 Å². The predicted octanol–water partition coefficient (Wildman–Crippen LogP) is 14.0. The molecule has 0 aromatic heterocycles. The maximum atomic E-state index is 12.3. The summed E-state index contributed by atoms with van der Waals surface area (Å²) >= 11 is 0. The van der Waals surface area contributed by atoms with Crippen LogP contribution in [0.15, 0.2) is 12.2 Å². The molecule has 11 nitrogen and oxygen atoms in total. The van der Waals surface area contributed by atoms with Crippen LogP contribution in [0.4, 0.5) is 0 Å². The number of unbranched alkanes of at least 4 members (excludes halogenated alkanes) is 33. The Hall–Kier alpha value is -1.78. The molecule has 0 rings (SSSR count). The number of allylic oxidation sites excluding steroid dienone is 2. The third kappa shape index (κ3) is 44.8. The molecule has 12 heteroatoms. The van der Waals surface area contributed by atoms with E-state index >= 15 is 0 Å². The number of carboxylic acids is 1. The number of phosphoric ester groups is 1. The van der Waals surface area contributed by atoms with Gasteiger partial charge in [-0.25, -0.2) is 9.36 Å². The van der Waals surface area contributed by atoms with E-state index in [4.69, 9.17) is 13.8 Å². The summed E-state index contributed by atoms with van der Waals surface area (Å²) in [5.41, 5.74) is 0. The van der Waals surface area contributed by atoms with E-state index in [0.717, 1.165) is 51.4 Å². The summed E-state index contributed by atoms with van der Waals surface area (Å²) in [5.74, 6) is -2.36. The van der Waals surface area contributed by atoms with Crippen molar-refractivity contribution < 1.29 is 47.8 Å². The lowest BCUT2D eigenvalue weighted by atomic mass is 10.0. The van der Waals surface area contributed by atoms with Crippen molar-refractivity contribution in [2.24, 2.45) is 0 Å². The van der Waals surface area contributed by atoms with E-state index < -0.39 is 57.6 Å². The molecule has 1 amide bonds. The van der Waals surface area contributed by atoms with Crippen LogP contribution in [0, 0.1) is 0 Å². The van der Waals surface area contributed by atoms with E-state index in [1.54, 1.807) is 0 Å². The Kier molecular flexibility index (Phi) is 44.5. The minimum absolute atomic E-state index is 0.144. The van der Waals surface area contributed by atoms with Crippen molar-refractivity contribution in [3.05, 3.63) is 12.2 Å². The zero-order chi connectivity index (χ0) is 45.6. The second-order valence-corrected chi connectivity index (χ2v) is 19.2. The Labute approximate surface area is 379 Å². The Morgan fingerprint density at radius 2 is 0.839 bits per heavy atom. The molecule has 366 valence electrons. The Morgan fingerprint density at radius 1 is 0.500 bits per heavy atom. The predicted molar refractivity (Wildman–Crippen MR) is 254 cm³/mol. The van der Waals surface area contributed by atoms with E-state index in [-0.39, 0.29) is 12.8 Å². The number of nitrogens with one attached hydrogen (secondary N) is 1. The van der Waals surface area contributed by atoms with E-state index in [1.807, 2.05) is 0 Å². The molecule has 0 aliphatic carbocycles. The van der Waals surface area contributed by atoms with Gasteiger partial charge in [0, 0.05) is 12.8 Å². The fourth-order valence-corrected chi connectivity index (χ4v) is 8.32. The van der Waals surface area contributed by atoms with Gasteiger partial charge in [-0.3, -0.25) is 18.6 Å². The molecule has 3 unspecified atom stereocenters. The highest BCUT2D eigenvalue weighted by atomic mass is 31.2. The van der Waals surface area contributed by atoms with Gasteiger partial charge in [0.1, 0.15) is 12.7 Å². The maximum absolute atomic E-state index is 12.3. The minimum atomic E-state index is -4.76. The highest BCUT2D eigenvalue weighted by Crippen LogP contribution is 2.43. The fraction of sp³-hybridized carbons (Fsp3) is 0.900. The smallest absolute Gasteiger partial charge is 0.472 e. The van der Waals surface area contributed by atoms with E-state index in [2.05, 4.69) is 31.3 Å². The number of aliphatic hydroxyl groups excluding tert-OH is 1. The van der Waals surface area contributed by atoms with E-state index in [9.17, 15) is 34.1 Å². The molecule has 62 heavy (non-hydrogen) atoms. The van der Waals surface area contributed by atoms with E-state index in [0.29, 0.717) is 12.8 Å². The lowest BCUT2D eigenvalue weighted by Crippen LogP contribution is -2.43. The van der Waals surface area contributed by atoms with Gasteiger partial charge in [-0.15, -0.1) is 0 Å². The Bertz CT molecular complexity index is 1110.